The summed E-state index contributed by atoms with van der Waals surface area (Å²) in [6, 6.07) is 15.4. The van der Waals surface area contributed by atoms with Crippen LogP contribution in [0.5, 0.6) is 11.5 Å². The molecule has 0 unspecified atom stereocenters. The summed E-state index contributed by atoms with van der Waals surface area (Å²) in [4.78, 5) is 3.30. The second-order valence-electron chi connectivity index (χ2n) is 4.57. The van der Waals surface area contributed by atoms with Crippen LogP contribution >= 0.6 is 0 Å². The van der Waals surface area contributed by atoms with E-state index in [0.29, 0.717) is 6.61 Å². The van der Waals surface area contributed by atoms with E-state index in [9.17, 15) is 0 Å². The molecule has 3 aromatic rings. The number of methoxy groups -OCH3 is 1. The monoisotopic (exact) mass is 268 g/mol. The molecule has 1 heterocycles. The van der Waals surface area contributed by atoms with Crippen molar-refractivity contribution in [2.75, 3.05) is 12.8 Å². The van der Waals surface area contributed by atoms with E-state index in [0.717, 1.165) is 33.8 Å². The van der Waals surface area contributed by atoms with Gasteiger partial charge in [0, 0.05) is 16.6 Å². The zero-order valence-electron chi connectivity index (χ0n) is 11.2. The number of hydrogen-bond acceptors (Lipinski definition) is 3. The smallest absolute Gasteiger partial charge is 0.128 e. The molecule has 0 radical (unpaired) electrons. The van der Waals surface area contributed by atoms with E-state index in [1.807, 2.05) is 48.5 Å². The highest BCUT2D eigenvalue weighted by Crippen LogP contribution is 2.23. The fourth-order valence-electron chi connectivity index (χ4n) is 2.15. The number of rotatable bonds is 4. The summed E-state index contributed by atoms with van der Waals surface area (Å²) in [5.41, 5.74) is 8.73. The molecule has 20 heavy (non-hydrogen) atoms. The van der Waals surface area contributed by atoms with Gasteiger partial charge in [-0.25, -0.2) is 0 Å². The Hall–Kier alpha value is -2.62. The Morgan fingerprint density at radius 3 is 2.50 bits per heavy atom. The van der Waals surface area contributed by atoms with Crippen LogP contribution in [-0.4, -0.2) is 12.1 Å². The molecule has 0 fully saturated rings. The van der Waals surface area contributed by atoms with Gasteiger partial charge in [-0.05, 0) is 42.5 Å². The molecule has 4 nitrogen and oxygen atoms in total. The number of benzene rings is 2. The Labute approximate surface area is 117 Å². The first-order valence-corrected chi connectivity index (χ1v) is 6.39. The van der Waals surface area contributed by atoms with E-state index < -0.39 is 0 Å². The highest BCUT2D eigenvalue weighted by Gasteiger charge is 2.04. The maximum absolute atomic E-state index is 5.93. The van der Waals surface area contributed by atoms with E-state index in [1.165, 1.54) is 0 Å². The van der Waals surface area contributed by atoms with E-state index in [2.05, 4.69) is 4.98 Å². The molecule has 0 spiro atoms. The van der Waals surface area contributed by atoms with Crippen LogP contribution in [0.2, 0.25) is 0 Å². The topological polar surface area (TPSA) is 60.3 Å². The third kappa shape index (κ3) is 2.40. The molecule has 0 saturated carbocycles. The summed E-state index contributed by atoms with van der Waals surface area (Å²) >= 11 is 0. The highest BCUT2D eigenvalue weighted by molar-refractivity contribution is 5.91. The summed E-state index contributed by atoms with van der Waals surface area (Å²) in [7, 11) is 1.64. The quantitative estimate of drug-likeness (QED) is 0.713. The van der Waals surface area contributed by atoms with Crippen LogP contribution in [0.4, 0.5) is 5.69 Å². The summed E-state index contributed by atoms with van der Waals surface area (Å²) in [5, 5.41) is 1.03. The van der Waals surface area contributed by atoms with Crippen molar-refractivity contribution in [2.24, 2.45) is 0 Å². The van der Waals surface area contributed by atoms with Crippen LogP contribution in [0.3, 0.4) is 0 Å². The van der Waals surface area contributed by atoms with Gasteiger partial charge < -0.3 is 20.2 Å². The third-order valence-electron chi connectivity index (χ3n) is 3.21. The van der Waals surface area contributed by atoms with Crippen LogP contribution in [0, 0.1) is 0 Å². The van der Waals surface area contributed by atoms with E-state index in [4.69, 9.17) is 15.2 Å². The number of H-pyrrole nitrogens is 1. The Balaban J connectivity index is 1.74. The predicted molar refractivity (Wildman–Crippen MR) is 80.0 cm³/mol. The molecular weight excluding hydrogens is 252 g/mol. The number of aromatic amines is 1. The van der Waals surface area contributed by atoms with Crippen LogP contribution in [0.25, 0.3) is 10.9 Å². The second-order valence-corrected chi connectivity index (χ2v) is 4.57. The second kappa shape index (κ2) is 5.17. The Morgan fingerprint density at radius 2 is 1.80 bits per heavy atom. The highest BCUT2D eigenvalue weighted by atomic mass is 16.5. The zero-order valence-corrected chi connectivity index (χ0v) is 11.2. The summed E-state index contributed by atoms with van der Waals surface area (Å²) in [5.74, 6) is 1.62. The van der Waals surface area contributed by atoms with Gasteiger partial charge in [-0.15, -0.1) is 0 Å². The lowest BCUT2D eigenvalue weighted by molar-refractivity contribution is 0.301. The number of hydrogen-bond donors (Lipinski definition) is 2. The number of aromatic nitrogens is 1. The molecule has 3 N–H and O–H groups in total. The first-order valence-electron chi connectivity index (χ1n) is 6.39. The molecule has 0 aliphatic carbocycles. The Morgan fingerprint density at radius 1 is 1.05 bits per heavy atom. The molecule has 0 saturated heterocycles. The molecule has 0 atom stereocenters. The van der Waals surface area contributed by atoms with E-state index in [-0.39, 0.29) is 0 Å². The van der Waals surface area contributed by atoms with Crippen molar-refractivity contribution in [3.63, 3.8) is 0 Å². The maximum Gasteiger partial charge on any atom is 0.128 e. The van der Waals surface area contributed by atoms with Gasteiger partial charge in [0.2, 0.25) is 0 Å². The summed E-state index contributed by atoms with van der Waals surface area (Å²) < 4.78 is 10.8. The van der Waals surface area contributed by atoms with Crippen molar-refractivity contribution in [2.45, 2.75) is 6.61 Å². The van der Waals surface area contributed by atoms with Gasteiger partial charge in [0.25, 0.3) is 0 Å². The van der Waals surface area contributed by atoms with E-state index >= 15 is 0 Å². The first-order chi connectivity index (χ1) is 9.76. The number of nitrogen functional groups attached to an aromatic ring is 1. The van der Waals surface area contributed by atoms with Gasteiger partial charge in [0.15, 0.2) is 0 Å². The number of ether oxygens (including phenoxy) is 2. The SMILES string of the molecule is COc1ccc(OCc2cc3c(N)cccc3[nH]2)cc1. The van der Waals surface area contributed by atoms with E-state index in [1.54, 1.807) is 7.11 Å². The Bertz CT molecular complexity index is 717. The zero-order chi connectivity index (χ0) is 13.9. The van der Waals surface area contributed by atoms with Gasteiger partial charge in [-0.2, -0.15) is 0 Å². The van der Waals surface area contributed by atoms with Crippen molar-refractivity contribution >= 4 is 16.6 Å². The van der Waals surface area contributed by atoms with Crippen molar-refractivity contribution in [3.05, 3.63) is 54.2 Å². The number of fused-ring (bicyclic) bond motifs is 1. The average Bonchev–Trinajstić information content (AvgIpc) is 2.90. The van der Waals surface area contributed by atoms with Crippen molar-refractivity contribution in [1.82, 2.24) is 4.98 Å². The molecule has 3 rings (SSSR count). The van der Waals surface area contributed by atoms with Gasteiger partial charge >= 0.3 is 0 Å². The maximum atomic E-state index is 5.93. The standard InChI is InChI=1S/C16H16N2O2/c1-19-12-5-7-13(8-6-12)20-10-11-9-14-15(17)3-2-4-16(14)18-11/h2-9,18H,10,17H2,1H3. The first kappa shape index (κ1) is 12.4. The van der Waals surface area contributed by atoms with Gasteiger partial charge in [0.1, 0.15) is 18.1 Å². The minimum atomic E-state index is 0.473. The van der Waals surface area contributed by atoms with Gasteiger partial charge in [-0.1, -0.05) is 6.07 Å². The minimum absolute atomic E-state index is 0.473. The van der Waals surface area contributed by atoms with Crippen LogP contribution < -0.4 is 15.2 Å². The largest absolute Gasteiger partial charge is 0.497 e. The van der Waals surface area contributed by atoms with Gasteiger partial charge in [-0.3, -0.25) is 0 Å². The fraction of sp³-hybridized carbons (Fsp3) is 0.125. The molecule has 2 aromatic carbocycles. The fourth-order valence-corrected chi connectivity index (χ4v) is 2.15. The van der Waals surface area contributed by atoms with Gasteiger partial charge in [0.05, 0.1) is 12.8 Å². The minimum Gasteiger partial charge on any atom is -0.497 e. The third-order valence-corrected chi connectivity index (χ3v) is 3.21. The lowest BCUT2D eigenvalue weighted by Crippen LogP contribution is -1.95. The summed E-state index contributed by atoms with van der Waals surface area (Å²) in [6.45, 7) is 0.473. The molecule has 0 aliphatic rings. The number of nitrogens with two attached hydrogens (primary N) is 1. The van der Waals surface area contributed by atoms with Crippen LogP contribution in [0.1, 0.15) is 5.69 Å². The molecule has 4 heteroatoms. The average molecular weight is 268 g/mol. The Kier molecular flexibility index (Phi) is 3.21. The van der Waals surface area contributed by atoms with Crippen molar-refractivity contribution in [3.8, 4) is 11.5 Å². The number of anilines is 1. The molecular formula is C16H16N2O2. The molecule has 0 aliphatic heterocycles. The number of nitrogens with one attached hydrogen (secondary N) is 1. The lowest BCUT2D eigenvalue weighted by Gasteiger charge is -2.05. The van der Waals surface area contributed by atoms with Crippen LogP contribution in [-0.2, 0) is 6.61 Å². The molecule has 0 bridgehead atoms. The molecule has 0 amide bonds. The molecule has 1 aromatic heterocycles. The van der Waals surface area contributed by atoms with Crippen LogP contribution in [0.15, 0.2) is 48.5 Å². The molecule has 102 valence electrons. The normalized spacial score (nSPS) is 10.7. The van der Waals surface area contributed by atoms with Crippen molar-refractivity contribution in [1.29, 1.82) is 0 Å². The predicted octanol–water partition coefficient (Wildman–Crippen LogP) is 3.34. The summed E-state index contributed by atoms with van der Waals surface area (Å²) in [6.07, 6.45) is 0. The lowest BCUT2D eigenvalue weighted by atomic mass is 10.2. The van der Waals surface area contributed by atoms with Crippen molar-refractivity contribution < 1.29 is 9.47 Å².